The van der Waals surface area contributed by atoms with Gasteiger partial charge in [-0.25, -0.2) is 0 Å². The number of esters is 1. The minimum Gasteiger partial charge on any atom is -0.462 e. The molecule has 0 saturated heterocycles. The first-order valence-corrected chi connectivity index (χ1v) is 9.96. The Balaban J connectivity index is 1.99. The van der Waals surface area contributed by atoms with E-state index in [-0.39, 0.29) is 23.8 Å². The number of benzene rings is 1. The molecule has 27 heavy (non-hydrogen) atoms. The Labute approximate surface area is 161 Å². The Morgan fingerprint density at radius 1 is 1.19 bits per heavy atom. The van der Waals surface area contributed by atoms with E-state index in [2.05, 4.69) is 11.5 Å². The number of nitrogens with zero attached hydrogens (tertiary/aromatic N) is 1. The SMILES string of the molecule is CCc1ccc(C(=O)c2c(C)cc3n2CCCCC3C(=O)OC(C)C)cc1. The number of hydrogen-bond acceptors (Lipinski definition) is 3. The highest BCUT2D eigenvalue weighted by atomic mass is 16.5. The maximum atomic E-state index is 13.2. The number of rotatable bonds is 5. The summed E-state index contributed by atoms with van der Waals surface area (Å²) in [5.41, 5.74) is 4.47. The van der Waals surface area contributed by atoms with Gasteiger partial charge in [0.05, 0.1) is 17.7 Å². The largest absolute Gasteiger partial charge is 0.462 e. The molecule has 144 valence electrons. The van der Waals surface area contributed by atoms with Crippen molar-refractivity contribution < 1.29 is 14.3 Å². The van der Waals surface area contributed by atoms with Gasteiger partial charge in [-0.1, -0.05) is 37.6 Å². The molecular formula is C23H29NO3. The molecule has 1 unspecified atom stereocenters. The molecule has 1 aromatic heterocycles. The lowest BCUT2D eigenvalue weighted by molar-refractivity contribution is -0.149. The molecular weight excluding hydrogens is 338 g/mol. The van der Waals surface area contributed by atoms with Gasteiger partial charge in [0, 0.05) is 17.8 Å². The van der Waals surface area contributed by atoms with Gasteiger partial charge in [0.25, 0.3) is 0 Å². The van der Waals surface area contributed by atoms with E-state index >= 15 is 0 Å². The number of aromatic nitrogens is 1. The maximum Gasteiger partial charge on any atom is 0.315 e. The van der Waals surface area contributed by atoms with E-state index in [1.165, 1.54) is 5.56 Å². The molecule has 1 aliphatic heterocycles. The van der Waals surface area contributed by atoms with Gasteiger partial charge in [-0.15, -0.1) is 0 Å². The number of fused-ring (bicyclic) bond motifs is 1. The van der Waals surface area contributed by atoms with Crippen molar-refractivity contribution in [2.24, 2.45) is 0 Å². The lowest BCUT2D eigenvalue weighted by atomic mass is 9.99. The summed E-state index contributed by atoms with van der Waals surface area (Å²) in [6.07, 6.45) is 3.50. The van der Waals surface area contributed by atoms with Gasteiger partial charge in [-0.05, 0) is 57.2 Å². The van der Waals surface area contributed by atoms with Crippen LogP contribution in [0, 0.1) is 6.92 Å². The minimum absolute atomic E-state index is 0.0271. The minimum atomic E-state index is -0.294. The second-order valence-corrected chi connectivity index (χ2v) is 7.67. The summed E-state index contributed by atoms with van der Waals surface area (Å²) in [5, 5.41) is 0. The van der Waals surface area contributed by atoms with E-state index in [0.29, 0.717) is 11.3 Å². The number of ether oxygens (including phenoxy) is 1. The van der Waals surface area contributed by atoms with Crippen LogP contribution in [0.2, 0.25) is 0 Å². The zero-order chi connectivity index (χ0) is 19.6. The van der Waals surface area contributed by atoms with Gasteiger partial charge >= 0.3 is 5.97 Å². The molecule has 3 rings (SSSR count). The molecule has 1 aliphatic rings. The van der Waals surface area contributed by atoms with Gasteiger partial charge in [-0.3, -0.25) is 9.59 Å². The second kappa shape index (κ2) is 8.12. The highest BCUT2D eigenvalue weighted by molar-refractivity contribution is 6.09. The summed E-state index contributed by atoms with van der Waals surface area (Å²) in [4.78, 5) is 25.9. The molecule has 0 fully saturated rings. The first-order chi connectivity index (χ1) is 12.9. The van der Waals surface area contributed by atoms with Gasteiger partial charge < -0.3 is 9.30 Å². The van der Waals surface area contributed by atoms with E-state index in [1.54, 1.807) is 0 Å². The number of carbonyl (C=O) groups is 2. The summed E-state index contributed by atoms with van der Waals surface area (Å²) in [7, 11) is 0. The van der Waals surface area contributed by atoms with E-state index in [4.69, 9.17) is 4.74 Å². The standard InChI is InChI=1S/C23H29NO3/c1-5-17-9-11-18(12-10-17)22(25)21-16(4)14-20-19(23(26)27-15(2)3)8-6-7-13-24(20)21/h9-12,14-15,19H,5-8,13H2,1-4H3. The van der Waals surface area contributed by atoms with Crippen molar-refractivity contribution in [1.29, 1.82) is 0 Å². The van der Waals surface area contributed by atoms with Gasteiger partial charge in [-0.2, -0.15) is 0 Å². The fourth-order valence-corrected chi connectivity index (χ4v) is 3.89. The summed E-state index contributed by atoms with van der Waals surface area (Å²) < 4.78 is 7.54. The first-order valence-electron chi connectivity index (χ1n) is 9.96. The highest BCUT2D eigenvalue weighted by Crippen LogP contribution is 2.33. The molecule has 0 N–H and O–H groups in total. The molecule has 2 heterocycles. The van der Waals surface area contributed by atoms with Crippen molar-refractivity contribution in [2.45, 2.75) is 71.9 Å². The number of carbonyl (C=O) groups excluding carboxylic acids is 2. The second-order valence-electron chi connectivity index (χ2n) is 7.67. The fraction of sp³-hybridized carbons (Fsp3) is 0.478. The average Bonchev–Trinajstić information content (AvgIpc) is 2.82. The molecule has 0 spiro atoms. The summed E-state index contributed by atoms with van der Waals surface area (Å²) in [6, 6.07) is 9.84. The van der Waals surface area contributed by atoms with Crippen LogP contribution >= 0.6 is 0 Å². The predicted octanol–water partition coefficient (Wildman–Crippen LogP) is 4.81. The third-order valence-corrected chi connectivity index (χ3v) is 5.28. The van der Waals surface area contributed by atoms with Crippen LogP contribution < -0.4 is 0 Å². The van der Waals surface area contributed by atoms with Crippen molar-refractivity contribution in [3.8, 4) is 0 Å². The molecule has 0 amide bonds. The summed E-state index contributed by atoms with van der Waals surface area (Å²) in [5.74, 6) is -0.450. The first kappa shape index (κ1) is 19.4. The third kappa shape index (κ3) is 4.00. The lowest BCUT2D eigenvalue weighted by Gasteiger charge is -2.18. The van der Waals surface area contributed by atoms with Crippen molar-refractivity contribution in [2.75, 3.05) is 0 Å². The Hall–Kier alpha value is -2.36. The van der Waals surface area contributed by atoms with E-state index in [9.17, 15) is 9.59 Å². The number of ketones is 1. The van der Waals surface area contributed by atoms with E-state index < -0.39 is 0 Å². The van der Waals surface area contributed by atoms with Crippen molar-refractivity contribution in [3.63, 3.8) is 0 Å². The molecule has 2 aromatic rings. The topological polar surface area (TPSA) is 48.3 Å². The van der Waals surface area contributed by atoms with Crippen LogP contribution in [0.5, 0.6) is 0 Å². The maximum absolute atomic E-state index is 13.2. The molecule has 0 radical (unpaired) electrons. The van der Waals surface area contributed by atoms with Crippen LogP contribution in [0.4, 0.5) is 0 Å². The molecule has 0 aliphatic carbocycles. The molecule has 1 aromatic carbocycles. The van der Waals surface area contributed by atoms with E-state index in [1.807, 2.05) is 51.1 Å². The average molecular weight is 367 g/mol. The van der Waals surface area contributed by atoms with Crippen LogP contribution in [-0.2, 0) is 22.5 Å². The normalized spacial score (nSPS) is 16.7. The molecule has 4 nitrogen and oxygen atoms in total. The van der Waals surface area contributed by atoms with Crippen LogP contribution in [0.3, 0.4) is 0 Å². The Bertz CT molecular complexity index is 830. The monoisotopic (exact) mass is 367 g/mol. The Morgan fingerprint density at radius 3 is 2.52 bits per heavy atom. The van der Waals surface area contributed by atoms with Crippen LogP contribution in [0.1, 0.15) is 78.8 Å². The predicted molar refractivity (Wildman–Crippen MR) is 106 cm³/mol. The van der Waals surface area contributed by atoms with Crippen LogP contribution in [0.15, 0.2) is 30.3 Å². The lowest BCUT2D eigenvalue weighted by Crippen LogP contribution is -2.22. The van der Waals surface area contributed by atoms with Crippen molar-refractivity contribution >= 4 is 11.8 Å². The van der Waals surface area contributed by atoms with Crippen molar-refractivity contribution in [1.82, 2.24) is 4.57 Å². The molecule has 1 atom stereocenters. The van der Waals surface area contributed by atoms with Crippen molar-refractivity contribution in [3.05, 3.63) is 58.4 Å². The van der Waals surface area contributed by atoms with Gasteiger partial charge in [0.15, 0.2) is 0 Å². The molecule has 0 saturated carbocycles. The molecule has 4 heteroatoms. The highest BCUT2D eigenvalue weighted by Gasteiger charge is 2.31. The molecule has 0 bridgehead atoms. The zero-order valence-corrected chi connectivity index (χ0v) is 16.7. The summed E-state index contributed by atoms with van der Waals surface area (Å²) >= 11 is 0. The van der Waals surface area contributed by atoms with Gasteiger partial charge in [0.2, 0.25) is 5.78 Å². The third-order valence-electron chi connectivity index (χ3n) is 5.28. The van der Waals surface area contributed by atoms with Crippen LogP contribution in [-0.4, -0.2) is 22.4 Å². The smallest absolute Gasteiger partial charge is 0.315 e. The number of hydrogen-bond donors (Lipinski definition) is 0. The fourth-order valence-electron chi connectivity index (χ4n) is 3.89. The number of aryl methyl sites for hydroxylation is 2. The van der Waals surface area contributed by atoms with Gasteiger partial charge in [0.1, 0.15) is 0 Å². The quantitative estimate of drug-likeness (QED) is 0.563. The van der Waals surface area contributed by atoms with E-state index in [0.717, 1.165) is 43.5 Å². The Morgan fingerprint density at radius 2 is 1.89 bits per heavy atom. The van der Waals surface area contributed by atoms with Crippen LogP contribution in [0.25, 0.3) is 0 Å². The Kier molecular flexibility index (Phi) is 5.83. The zero-order valence-electron chi connectivity index (χ0n) is 16.7. The summed E-state index contributed by atoms with van der Waals surface area (Å²) in [6.45, 7) is 8.56.